The van der Waals surface area contributed by atoms with Gasteiger partial charge >= 0.3 is 17.9 Å². The quantitative estimate of drug-likeness (QED) is 0.192. The molecule has 0 radical (unpaired) electrons. The van der Waals surface area contributed by atoms with Crippen LogP contribution in [0, 0.1) is 11.8 Å². The van der Waals surface area contributed by atoms with E-state index in [2.05, 4.69) is 9.80 Å². The van der Waals surface area contributed by atoms with Gasteiger partial charge in [0.25, 0.3) is 0 Å². The molecule has 0 amide bonds. The molecule has 9 heteroatoms. The minimum absolute atomic E-state index is 0.0388. The summed E-state index contributed by atoms with van der Waals surface area (Å²) in [5, 5.41) is 0. The minimum Gasteiger partial charge on any atom is -0.465 e. The first kappa shape index (κ1) is 23.0. The highest BCUT2D eigenvalue weighted by Crippen LogP contribution is 2.19. The maximum atomic E-state index is 12.1. The van der Waals surface area contributed by atoms with Crippen LogP contribution in [-0.2, 0) is 28.6 Å². The van der Waals surface area contributed by atoms with Gasteiger partial charge in [0.1, 0.15) is 0 Å². The van der Waals surface area contributed by atoms with E-state index in [1.807, 2.05) is 11.8 Å². The predicted octanol–water partition coefficient (Wildman–Crippen LogP) is -0.0146. The van der Waals surface area contributed by atoms with E-state index in [0.29, 0.717) is 19.4 Å². The molecule has 1 unspecified atom stereocenters. The van der Waals surface area contributed by atoms with Gasteiger partial charge in [0.15, 0.2) is 0 Å². The summed E-state index contributed by atoms with van der Waals surface area (Å²) in [7, 11) is 0. The van der Waals surface area contributed by atoms with Crippen molar-refractivity contribution in [2.75, 3.05) is 78.7 Å². The van der Waals surface area contributed by atoms with Crippen LogP contribution >= 0.6 is 0 Å². The largest absolute Gasteiger partial charge is 0.465 e. The van der Waals surface area contributed by atoms with Crippen molar-refractivity contribution in [2.24, 2.45) is 11.8 Å². The van der Waals surface area contributed by atoms with Crippen molar-refractivity contribution in [3.8, 4) is 0 Å². The number of nitrogens with zero attached hydrogens (tertiary/aromatic N) is 3. The van der Waals surface area contributed by atoms with Crippen LogP contribution in [0.15, 0.2) is 0 Å². The lowest BCUT2D eigenvalue weighted by molar-refractivity contribution is -0.154. The fourth-order valence-electron chi connectivity index (χ4n) is 3.20. The number of rotatable bonds is 16. The van der Waals surface area contributed by atoms with Crippen molar-refractivity contribution >= 4 is 17.9 Å². The molecule has 9 nitrogen and oxygen atoms in total. The van der Waals surface area contributed by atoms with E-state index >= 15 is 0 Å². The summed E-state index contributed by atoms with van der Waals surface area (Å²) in [4.78, 5) is 42.4. The van der Waals surface area contributed by atoms with Gasteiger partial charge in [-0.25, -0.2) is 0 Å². The number of hydrogen-bond acceptors (Lipinski definition) is 9. The Labute approximate surface area is 178 Å². The Morgan fingerprint density at radius 2 is 1.10 bits per heavy atom. The molecule has 3 rings (SSSR count). The predicted molar refractivity (Wildman–Crippen MR) is 109 cm³/mol. The molecule has 3 heterocycles. The van der Waals surface area contributed by atoms with E-state index in [4.69, 9.17) is 14.2 Å². The SMILES string of the molecule is CCC(COC(=O)CN1CC1)C(COC(=O)CCN1CC1)COC(=O)CCN1CC1. The van der Waals surface area contributed by atoms with Crippen LogP contribution in [0.25, 0.3) is 0 Å². The van der Waals surface area contributed by atoms with Crippen molar-refractivity contribution in [3.63, 3.8) is 0 Å². The van der Waals surface area contributed by atoms with E-state index < -0.39 is 0 Å². The maximum Gasteiger partial charge on any atom is 0.320 e. The van der Waals surface area contributed by atoms with Crippen LogP contribution in [0.3, 0.4) is 0 Å². The van der Waals surface area contributed by atoms with E-state index in [-0.39, 0.29) is 49.6 Å². The number of ether oxygens (including phenoxy) is 3. The lowest BCUT2D eigenvalue weighted by atomic mass is 9.92. The van der Waals surface area contributed by atoms with Gasteiger partial charge < -0.3 is 24.0 Å². The van der Waals surface area contributed by atoms with E-state index in [0.717, 1.165) is 58.8 Å². The van der Waals surface area contributed by atoms with E-state index in [9.17, 15) is 14.4 Å². The van der Waals surface area contributed by atoms with Gasteiger partial charge in [-0.15, -0.1) is 0 Å². The molecule has 0 spiro atoms. The highest BCUT2D eigenvalue weighted by molar-refractivity contribution is 5.72. The number of carbonyl (C=O) groups excluding carboxylic acids is 3. The average molecular weight is 426 g/mol. The molecule has 0 saturated carbocycles. The Kier molecular flexibility index (Phi) is 8.89. The van der Waals surface area contributed by atoms with Gasteiger partial charge in [-0.1, -0.05) is 6.92 Å². The first-order valence-electron chi connectivity index (χ1n) is 11.2. The summed E-state index contributed by atoms with van der Waals surface area (Å²) < 4.78 is 16.4. The number of esters is 3. The maximum absolute atomic E-state index is 12.1. The van der Waals surface area contributed by atoms with Crippen LogP contribution in [0.5, 0.6) is 0 Å². The number of hydrogen-bond donors (Lipinski definition) is 0. The molecule has 0 aromatic carbocycles. The van der Waals surface area contributed by atoms with Crippen LogP contribution in [0.4, 0.5) is 0 Å². The Morgan fingerprint density at radius 3 is 1.53 bits per heavy atom. The summed E-state index contributed by atoms with van der Waals surface area (Å²) in [6.45, 7) is 10.4. The highest BCUT2D eigenvalue weighted by atomic mass is 16.6. The van der Waals surface area contributed by atoms with Gasteiger partial charge in [0.2, 0.25) is 0 Å². The Morgan fingerprint density at radius 1 is 0.667 bits per heavy atom. The van der Waals surface area contributed by atoms with Gasteiger partial charge in [0, 0.05) is 64.2 Å². The van der Waals surface area contributed by atoms with Crippen molar-refractivity contribution in [1.29, 1.82) is 0 Å². The summed E-state index contributed by atoms with van der Waals surface area (Å²) in [6, 6.07) is 0. The lowest BCUT2D eigenvalue weighted by Gasteiger charge is -2.25. The highest BCUT2D eigenvalue weighted by Gasteiger charge is 2.27. The van der Waals surface area contributed by atoms with Crippen molar-refractivity contribution in [2.45, 2.75) is 26.2 Å². The third-order valence-corrected chi connectivity index (χ3v) is 5.80. The van der Waals surface area contributed by atoms with Gasteiger partial charge in [-0.2, -0.15) is 0 Å². The molecular formula is C21H35N3O6. The second kappa shape index (κ2) is 11.6. The van der Waals surface area contributed by atoms with E-state index in [1.165, 1.54) is 0 Å². The first-order chi connectivity index (χ1) is 14.5. The molecule has 3 aliphatic heterocycles. The fraction of sp³-hybridized carbons (Fsp3) is 0.857. The van der Waals surface area contributed by atoms with Gasteiger partial charge in [-0.3, -0.25) is 19.3 Å². The Balaban J connectivity index is 1.43. The second-order valence-corrected chi connectivity index (χ2v) is 8.44. The molecule has 30 heavy (non-hydrogen) atoms. The van der Waals surface area contributed by atoms with Crippen LogP contribution in [0.2, 0.25) is 0 Å². The summed E-state index contributed by atoms with van der Waals surface area (Å²) >= 11 is 0. The molecule has 0 aliphatic carbocycles. The van der Waals surface area contributed by atoms with Crippen molar-refractivity contribution < 1.29 is 28.6 Å². The third-order valence-electron chi connectivity index (χ3n) is 5.80. The van der Waals surface area contributed by atoms with Crippen LogP contribution in [0.1, 0.15) is 26.2 Å². The molecule has 0 aromatic rings. The van der Waals surface area contributed by atoms with Gasteiger partial charge in [-0.05, 0) is 6.42 Å². The Bertz CT molecular complexity index is 557. The van der Waals surface area contributed by atoms with Crippen molar-refractivity contribution in [3.05, 3.63) is 0 Å². The van der Waals surface area contributed by atoms with Crippen LogP contribution in [-0.4, -0.2) is 111 Å². The smallest absolute Gasteiger partial charge is 0.320 e. The normalized spacial score (nSPS) is 19.4. The summed E-state index contributed by atoms with van der Waals surface area (Å²) in [5.74, 6) is -0.959. The molecule has 0 N–H and O–H groups in total. The molecular weight excluding hydrogens is 390 g/mol. The monoisotopic (exact) mass is 425 g/mol. The molecule has 0 aromatic heterocycles. The van der Waals surface area contributed by atoms with E-state index in [1.54, 1.807) is 0 Å². The lowest BCUT2D eigenvalue weighted by Crippen LogP contribution is -2.32. The fourth-order valence-corrected chi connectivity index (χ4v) is 3.20. The third kappa shape index (κ3) is 9.40. The van der Waals surface area contributed by atoms with Crippen LogP contribution < -0.4 is 0 Å². The van der Waals surface area contributed by atoms with Gasteiger partial charge in [0.05, 0.1) is 39.2 Å². The standard InChI is InChI=1S/C21H35N3O6/c1-2-17(14-30-21(27)13-24-11-12-24)18(15-28-19(25)3-5-22-7-8-22)16-29-20(26)4-6-23-9-10-23/h17-18H,2-16H2,1H3. The minimum atomic E-state index is -0.242. The molecule has 0 bridgehead atoms. The van der Waals surface area contributed by atoms with Crippen molar-refractivity contribution in [1.82, 2.24) is 14.7 Å². The summed E-state index contributed by atoms with van der Waals surface area (Å²) in [6.07, 6.45) is 1.46. The zero-order valence-electron chi connectivity index (χ0n) is 18.1. The summed E-state index contributed by atoms with van der Waals surface area (Å²) in [5.41, 5.74) is 0. The average Bonchev–Trinajstić information content (AvgIpc) is 3.56. The first-order valence-corrected chi connectivity index (χ1v) is 11.2. The zero-order chi connectivity index (χ0) is 21.3. The molecule has 3 aliphatic rings. The second-order valence-electron chi connectivity index (χ2n) is 8.44. The molecule has 1 atom stereocenters. The topological polar surface area (TPSA) is 87.9 Å². The zero-order valence-corrected chi connectivity index (χ0v) is 18.1. The Hall–Kier alpha value is -1.71. The number of carbonyl (C=O) groups is 3. The molecule has 3 saturated heterocycles. The molecule has 3 fully saturated rings. The molecule has 170 valence electrons.